The van der Waals surface area contributed by atoms with Gasteiger partial charge in [0.05, 0.1) is 11.3 Å². The number of hydrogen-bond donors (Lipinski definition) is 2. The molecule has 0 bridgehead atoms. The molecule has 7 heteroatoms. The van der Waals surface area contributed by atoms with Crippen LogP contribution in [0.1, 0.15) is 51.6 Å². The molecule has 23 heavy (non-hydrogen) atoms. The molecule has 0 aliphatic carbocycles. The third-order valence-corrected chi connectivity index (χ3v) is 3.90. The molecule has 0 saturated carbocycles. The second-order valence-electron chi connectivity index (χ2n) is 4.95. The highest BCUT2D eigenvalue weighted by Crippen LogP contribution is 2.18. The number of aryl methyl sites for hydroxylation is 2. The molecule has 6 nitrogen and oxygen atoms in total. The van der Waals surface area contributed by atoms with Gasteiger partial charge in [-0.2, -0.15) is 0 Å². The highest BCUT2D eigenvalue weighted by molar-refractivity contribution is 9.10. The van der Waals surface area contributed by atoms with Gasteiger partial charge in [-0.1, -0.05) is 34.9 Å². The van der Waals surface area contributed by atoms with Crippen molar-refractivity contribution in [1.29, 1.82) is 0 Å². The standard InChI is InChI=1S/C16H17BrN2O4/c1-3-13-12(14(4-2)23-19-13)8-18-15(20)9-5-10(16(21)22)7-11(17)6-9/h5-7H,3-4,8H2,1-2H3,(H,18,20)(H,21,22). The van der Waals surface area contributed by atoms with E-state index in [1.807, 2.05) is 13.8 Å². The lowest BCUT2D eigenvalue weighted by Crippen LogP contribution is -2.24. The van der Waals surface area contributed by atoms with E-state index in [1.54, 1.807) is 6.07 Å². The third-order valence-electron chi connectivity index (χ3n) is 3.44. The summed E-state index contributed by atoms with van der Waals surface area (Å²) in [4.78, 5) is 23.4. The molecular weight excluding hydrogens is 364 g/mol. The van der Waals surface area contributed by atoms with Crippen molar-refractivity contribution in [3.63, 3.8) is 0 Å². The number of carbonyl (C=O) groups excluding carboxylic acids is 1. The van der Waals surface area contributed by atoms with Crippen molar-refractivity contribution >= 4 is 27.8 Å². The molecule has 0 unspecified atom stereocenters. The first-order valence-corrected chi connectivity index (χ1v) is 8.03. The van der Waals surface area contributed by atoms with Crippen molar-refractivity contribution in [2.45, 2.75) is 33.2 Å². The monoisotopic (exact) mass is 380 g/mol. The van der Waals surface area contributed by atoms with Gasteiger partial charge in [-0.3, -0.25) is 4.79 Å². The Hall–Kier alpha value is -2.15. The SMILES string of the molecule is CCc1noc(CC)c1CNC(=O)c1cc(Br)cc(C(=O)O)c1. The number of carboxylic acid groups (broad SMARTS) is 1. The van der Waals surface area contributed by atoms with Crippen LogP contribution in [0.2, 0.25) is 0 Å². The van der Waals surface area contributed by atoms with Gasteiger partial charge in [-0.15, -0.1) is 0 Å². The van der Waals surface area contributed by atoms with Crippen LogP contribution in [-0.2, 0) is 19.4 Å². The molecule has 1 aromatic heterocycles. The highest BCUT2D eigenvalue weighted by atomic mass is 79.9. The van der Waals surface area contributed by atoms with Crippen LogP contribution in [0.3, 0.4) is 0 Å². The Labute approximate surface area is 142 Å². The molecule has 0 aliphatic heterocycles. The number of halogens is 1. The van der Waals surface area contributed by atoms with Crippen molar-refractivity contribution < 1.29 is 19.2 Å². The second kappa shape index (κ2) is 7.41. The summed E-state index contributed by atoms with van der Waals surface area (Å²) in [5.74, 6) is -0.678. The number of nitrogens with zero attached hydrogens (tertiary/aromatic N) is 1. The van der Waals surface area contributed by atoms with Crippen molar-refractivity contribution in [2.75, 3.05) is 0 Å². The summed E-state index contributed by atoms with van der Waals surface area (Å²) in [5.41, 5.74) is 2.04. The fourth-order valence-corrected chi connectivity index (χ4v) is 2.75. The van der Waals surface area contributed by atoms with E-state index in [0.29, 0.717) is 17.4 Å². The van der Waals surface area contributed by atoms with Crippen molar-refractivity contribution in [3.05, 3.63) is 50.8 Å². The Kier molecular flexibility index (Phi) is 5.54. The fourth-order valence-electron chi connectivity index (χ4n) is 2.25. The molecule has 1 amide bonds. The Morgan fingerprint density at radius 3 is 2.52 bits per heavy atom. The second-order valence-corrected chi connectivity index (χ2v) is 5.87. The smallest absolute Gasteiger partial charge is 0.335 e. The molecule has 1 heterocycles. The number of nitrogens with one attached hydrogen (secondary N) is 1. The van der Waals surface area contributed by atoms with Crippen molar-refractivity contribution in [3.8, 4) is 0 Å². The summed E-state index contributed by atoms with van der Waals surface area (Å²) in [7, 11) is 0. The van der Waals surface area contributed by atoms with E-state index in [9.17, 15) is 9.59 Å². The van der Waals surface area contributed by atoms with Gasteiger partial charge < -0.3 is 14.9 Å². The summed E-state index contributed by atoms with van der Waals surface area (Å²) >= 11 is 3.22. The maximum atomic E-state index is 12.3. The first-order valence-electron chi connectivity index (χ1n) is 7.24. The normalized spacial score (nSPS) is 10.6. The predicted octanol–water partition coefficient (Wildman–Crippen LogP) is 3.19. The maximum absolute atomic E-state index is 12.3. The van der Waals surface area contributed by atoms with Gasteiger partial charge in [0.25, 0.3) is 5.91 Å². The maximum Gasteiger partial charge on any atom is 0.335 e. The number of aromatic nitrogens is 1. The Morgan fingerprint density at radius 2 is 1.91 bits per heavy atom. The Bertz CT molecular complexity index is 718. The third kappa shape index (κ3) is 3.98. The van der Waals surface area contributed by atoms with Crippen molar-refractivity contribution in [1.82, 2.24) is 10.5 Å². The van der Waals surface area contributed by atoms with Gasteiger partial charge in [-0.25, -0.2) is 4.79 Å². The van der Waals surface area contributed by atoms with Gasteiger partial charge in [0, 0.05) is 28.6 Å². The average Bonchev–Trinajstić information content (AvgIpc) is 2.93. The van der Waals surface area contributed by atoms with Crippen molar-refractivity contribution in [2.24, 2.45) is 0 Å². The molecule has 0 saturated heterocycles. The minimum Gasteiger partial charge on any atom is -0.478 e. The van der Waals surface area contributed by atoms with Crippen LogP contribution in [0.25, 0.3) is 0 Å². The van der Waals surface area contributed by atoms with E-state index in [4.69, 9.17) is 9.63 Å². The van der Waals surface area contributed by atoms with E-state index in [0.717, 1.165) is 23.4 Å². The van der Waals surface area contributed by atoms with Gasteiger partial charge in [-0.05, 0) is 24.6 Å². The number of benzene rings is 1. The summed E-state index contributed by atoms with van der Waals surface area (Å²) in [5, 5.41) is 15.8. The molecule has 0 aliphatic rings. The fraction of sp³-hybridized carbons (Fsp3) is 0.312. The molecule has 0 spiro atoms. The Morgan fingerprint density at radius 1 is 1.22 bits per heavy atom. The van der Waals surface area contributed by atoms with E-state index >= 15 is 0 Å². The molecule has 2 rings (SSSR count). The van der Waals surface area contributed by atoms with Gasteiger partial charge in [0.1, 0.15) is 5.76 Å². The van der Waals surface area contributed by atoms with Crippen LogP contribution in [0.15, 0.2) is 27.2 Å². The minimum atomic E-state index is -1.08. The van der Waals surface area contributed by atoms with Gasteiger partial charge >= 0.3 is 5.97 Å². The summed E-state index contributed by atoms with van der Waals surface area (Å²) < 4.78 is 5.79. The minimum absolute atomic E-state index is 0.0537. The summed E-state index contributed by atoms with van der Waals surface area (Å²) in [6.45, 7) is 4.22. The van der Waals surface area contributed by atoms with Crippen LogP contribution in [0.4, 0.5) is 0 Å². The van der Waals surface area contributed by atoms with Crippen LogP contribution in [0, 0.1) is 0 Å². The largest absolute Gasteiger partial charge is 0.478 e. The summed E-state index contributed by atoms with van der Waals surface area (Å²) in [6, 6.07) is 4.37. The quantitative estimate of drug-likeness (QED) is 0.802. The molecule has 122 valence electrons. The van der Waals surface area contributed by atoms with E-state index in [1.165, 1.54) is 12.1 Å². The lowest BCUT2D eigenvalue weighted by atomic mass is 10.1. The topological polar surface area (TPSA) is 92.4 Å². The molecule has 2 N–H and O–H groups in total. The summed E-state index contributed by atoms with van der Waals surface area (Å²) in [6.07, 6.45) is 1.41. The Balaban J connectivity index is 2.17. The zero-order valence-corrected chi connectivity index (χ0v) is 14.4. The molecular formula is C16H17BrN2O4. The lowest BCUT2D eigenvalue weighted by Gasteiger charge is -2.07. The number of amides is 1. The first-order chi connectivity index (χ1) is 11.0. The van der Waals surface area contributed by atoms with Crippen LogP contribution in [0.5, 0.6) is 0 Å². The van der Waals surface area contributed by atoms with E-state index in [2.05, 4.69) is 26.4 Å². The zero-order chi connectivity index (χ0) is 17.0. The van der Waals surface area contributed by atoms with E-state index < -0.39 is 5.97 Å². The lowest BCUT2D eigenvalue weighted by molar-refractivity contribution is 0.0697. The molecule has 0 fully saturated rings. The average molecular weight is 381 g/mol. The van der Waals surface area contributed by atoms with Crippen LogP contribution < -0.4 is 5.32 Å². The number of carboxylic acids is 1. The van der Waals surface area contributed by atoms with Gasteiger partial charge in [0.15, 0.2) is 0 Å². The van der Waals surface area contributed by atoms with Gasteiger partial charge in [0.2, 0.25) is 0 Å². The zero-order valence-electron chi connectivity index (χ0n) is 12.9. The highest BCUT2D eigenvalue weighted by Gasteiger charge is 2.16. The number of rotatable bonds is 6. The van der Waals surface area contributed by atoms with Crippen LogP contribution >= 0.6 is 15.9 Å². The molecule has 0 atom stereocenters. The van der Waals surface area contributed by atoms with Crippen LogP contribution in [-0.4, -0.2) is 22.1 Å². The molecule has 1 aromatic carbocycles. The number of hydrogen-bond acceptors (Lipinski definition) is 4. The first kappa shape index (κ1) is 17.2. The molecule has 0 radical (unpaired) electrons. The van der Waals surface area contributed by atoms with E-state index in [-0.39, 0.29) is 17.0 Å². The number of aromatic carboxylic acids is 1. The number of carbonyl (C=O) groups is 2. The molecule has 2 aromatic rings. The predicted molar refractivity (Wildman–Crippen MR) is 87.5 cm³/mol.